The Hall–Kier alpha value is -7.04. The quantitative estimate of drug-likeness (QED) is 0.184. The Kier molecular flexibility index (Phi) is 6.09. The molecule has 0 fully saturated rings. The molecular formula is C51H34N4. The summed E-state index contributed by atoms with van der Waals surface area (Å²) in [5, 5.41) is 8.34. The molecule has 0 aliphatic heterocycles. The van der Waals surface area contributed by atoms with Crippen molar-refractivity contribution in [3.05, 3.63) is 181 Å². The van der Waals surface area contributed by atoms with Crippen LogP contribution in [-0.2, 0) is 5.41 Å². The van der Waals surface area contributed by atoms with E-state index in [-0.39, 0.29) is 5.41 Å². The van der Waals surface area contributed by atoms with Crippen LogP contribution < -0.4 is 0 Å². The van der Waals surface area contributed by atoms with Gasteiger partial charge in [0, 0.05) is 43.3 Å². The molecule has 0 spiro atoms. The van der Waals surface area contributed by atoms with Crippen molar-refractivity contribution in [2.45, 2.75) is 19.3 Å². The van der Waals surface area contributed by atoms with Crippen LogP contribution in [0.4, 0.5) is 0 Å². The van der Waals surface area contributed by atoms with Crippen molar-refractivity contribution >= 4 is 65.3 Å². The summed E-state index contributed by atoms with van der Waals surface area (Å²) in [5.74, 6) is 0.668. The van der Waals surface area contributed by atoms with Crippen LogP contribution in [0.1, 0.15) is 25.0 Å². The summed E-state index contributed by atoms with van der Waals surface area (Å²) in [6.07, 6.45) is 0. The fraction of sp³-hybridized carbons (Fsp3) is 0.0588. The Balaban J connectivity index is 1.31. The topological polar surface area (TPSA) is 35.6 Å². The molecule has 258 valence electrons. The highest BCUT2D eigenvalue weighted by Gasteiger charge is 2.39. The largest absolute Gasteiger partial charge is 0.309 e. The van der Waals surface area contributed by atoms with Gasteiger partial charge in [0.25, 0.3) is 0 Å². The van der Waals surface area contributed by atoms with Crippen LogP contribution in [0.25, 0.3) is 99.3 Å². The standard InChI is InChI=1S/C51H34N4/c1-51(2)40-24-12-8-18-32(40)37-28-29-39-46-36-22-7-6-21-35(36)44(54-42-26-14-10-19-33(42)34-20-11-15-27-43(34)54)30-45(46)55(49(39)47(37)51)50-52-41-25-13-9-23-38(41)48(53-50)31-16-4-3-5-17-31/h3-30H,1-2H3. The van der Waals surface area contributed by atoms with Crippen molar-refractivity contribution in [1.29, 1.82) is 0 Å². The van der Waals surface area contributed by atoms with E-state index in [0.717, 1.165) is 38.9 Å². The van der Waals surface area contributed by atoms with Gasteiger partial charge in [-0.3, -0.25) is 4.57 Å². The third-order valence-corrected chi connectivity index (χ3v) is 12.1. The molecule has 1 aliphatic carbocycles. The molecule has 12 rings (SSSR count). The summed E-state index contributed by atoms with van der Waals surface area (Å²) < 4.78 is 4.84. The van der Waals surface area contributed by atoms with Gasteiger partial charge in [0.15, 0.2) is 0 Å². The van der Waals surface area contributed by atoms with Gasteiger partial charge in [0.2, 0.25) is 5.95 Å². The fourth-order valence-electron chi connectivity index (χ4n) is 9.76. The molecule has 0 amide bonds. The molecule has 0 radical (unpaired) electrons. The average Bonchev–Trinajstić information content (AvgIpc) is 3.83. The summed E-state index contributed by atoms with van der Waals surface area (Å²) in [4.78, 5) is 11.0. The zero-order chi connectivity index (χ0) is 36.4. The van der Waals surface area contributed by atoms with E-state index in [0.29, 0.717) is 5.95 Å². The molecule has 0 atom stereocenters. The van der Waals surface area contributed by atoms with Crippen molar-refractivity contribution in [3.63, 3.8) is 0 Å². The normalized spacial score (nSPS) is 13.4. The van der Waals surface area contributed by atoms with E-state index < -0.39 is 0 Å². The molecular weight excluding hydrogens is 669 g/mol. The van der Waals surface area contributed by atoms with Crippen LogP contribution in [0.2, 0.25) is 0 Å². The van der Waals surface area contributed by atoms with E-state index in [1.54, 1.807) is 0 Å². The van der Waals surface area contributed by atoms with Crippen LogP contribution >= 0.6 is 0 Å². The van der Waals surface area contributed by atoms with Gasteiger partial charge in [-0.15, -0.1) is 0 Å². The Morgan fingerprint density at radius 1 is 0.455 bits per heavy atom. The third kappa shape index (κ3) is 4.06. The molecule has 3 aromatic heterocycles. The molecule has 0 N–H and O–H groups in total. The predicted octanol–water partition coefficient (Wildman–Crippen LogP) is 13.0. The SMILES string of the molecule is CC1(C)c2ccccc2-c2ccc3c4c5ccccc5c(-n5c6ccccc6c6ccccc65)cc4n(-c4nc(-c5ccccc5)c5ccccc5n4)c3c21. The fourth-order valence-corrected chi connectivity index (χ4v) is 9.76. The van der Waals surface area contributed by atoms with Gasteiger partial charge < -0.3 is 4.57 Å². The lowest BCUT2D eigenvalue weighted by Crippen LogP contribution is -2.17. The maximum absolute atomic E-state index is 5.55. The first-order chi connectivity index (χ1) is 27.1. The first-order valence-electron chi connectivity index (χ1n) is 19.0. The van der Waals surface area contributed by atoms with Gasteiger partial charge in [-0.2, -0.15) is 0 Å². The summed E-state index contributed by atoms with van der Waals surface area (Å²) in [5.41, 5.74) is 13.6. The van der Waals surface area contributed by atoms with Gasteiger partial charge in [0.05, 0.1) is 39.0 Å². The molecule has 0 unspecified atom stereocenters. The lowest BCUT2D eigenvalue weighted by molar-refractivity contribution is 0.663. The van der Waals surface area contributed by atoms with Crippen molar-refractivity contribution in [2.24, 2.45) is 0 Å². The molecule has 4 nitrogen and oxygen atoms in total. The van der Waals surface area contributed by atoms with Gasteiger partial charge in [-0.05, 0) is 51.9 Å². The minimum Gasteiger partial charge on any atom is -0.309 e. The minimum absolute atomic E-state index is 0.262. The zero-order valence-electron chi connectivity index (χ0n) is 30.5. The summed E-state index contributed by atoms with van der Waals surface area (Å²) in [6, 6.07) is 61.4. The van der Waals surface area contributed by atoms with Crippen LogP contribution in [0.5, 0.6) is 0 Å². The Bertz CT molecular complexity index is 3350. The lowest BCUT2D eigenvalue weighted by Gasteiger charge is -2.23. The van der Waals surface area contributed by atoms with Gasteiger partial charge in [-0.25, -0.2) is 9.97 Å². The monoisotopic (exact) mass is 702 g/mol. The highest BCUT2D eigenvalue weighted by Crippen LogP contribution is 2.54. The minimum atomic E-state index is -0.262. The summed E-state index contributed by atoms with van der Waals surface area (Å²) in [7, 11) is 0. The Morgan fingerprint density at radius 3 is 1.84 bits per heavy atom. The van der Waals surface area contributed by atoms with E-state index in [9.17, 15) is 0 Å². The number of nitrogens with zero attached hydrogens (tertiary/aromatic N) is 4. The summed E-state index contributed by atoms with van der Waals surface area (Å²) >= 11 is 0. The van der Waals surface area contributed by atoms with Crippen LogP contribution in [-0.4, -0.2) is 19.1 Å². The second kappa shape index (κ2) is 11.0. The van der Waals surface area contributed by atoms with E-state index in [1.165, 1.54) is 65.6 Å². The molecule has 4 heteroatoms. The van der Waals surface area contributed by atoms with E-state index in [4.69, 9.17) is 9.97 Å². The van der Waals surface area contributed by atoms with Crippen molar-refractivity contribution in [2.75, 3.05) is 0 Å². The van der Waals surface area contributed by atoms with Crippen molar-refractivity contribution < 1.29 is 0 Å². The molecule has 11 aromatic rings. The van der Waals surface area contributed by atoms with Crippen molar-refractivity contribution in [1.82, 2.24) is 19.1 Å². The Morgan fingerprint density at radius 2 is 1.07 bits per heavy atom. The maximum Gasteiger partial charge on any atom is 0.235 e. The molecule has 0 saturated carbocycles. The third-order valence-electron chi connectivity index (χ3n) is 12.1. The number of hydrogen-bond donors (Lipinski definition) is 0. The first-order valence-corrected chi connectivity index (χ1v) is 19.0. The van der Waals surface area contributed by atoms with Crippen LogP contribution in [0.15, 0.2) is 170 Å². The molecule has 8 aromatic carbocycles. The predicted molar refractivity (Wildman–Crippen MR) is 229 cm³/mol. The van der Waals surface area contributed by atoms with E-state index >= 15 is 0 Å². The highest BCUT2D eigenvalue weighted by atomic mass is 15.2. The smallest absolute Gasteiger partial charge is 0.235 e. The number of benzene rings is 8. The molecule has 1 aliphatic rings. The van der Waals surface area contributed by atoms with Gasteiger partial charge in [0.1, 0.15) is 0 Å². The molecule has 0 saturated heterocycles. The highest BCUT2D eigenvalue weighted by molar-refractivity contribution is 6.25. The molecule has 0 bridgehead atoms. The van der Waals surface area contributed by atoms with Gasteiger partial charge in [-0.1, -0.05) is 159 Å². The molecule has 55 heavy (non-hydrogen) atoms. The second-order valence-electron chi connectivity index (χ2n) is 15.4. The number of para-hydroxylation sites is 3. The maximum atomic E-state index is 5.55. The van der Waals surface area contributed by atoms with E-state index in [1.807, 2.05) is 0 Å². The Labute approximate surface area is 317 Å². The number of rotatable bonds is 3. The zero-order valence-corrected chi connectivity index (χ0v) is 30.5. The van der Waals surface area contributed by atoms with Gasteiger partial charge >= 0.3 is 0 Å². The van der Waals surface area contributed by atoms with E-state index in [2.05, 4.69) is 193 Å². The number of aromatic nitrogens is 4. The lowest BCUT2D eigenvalue weighted by atomic mass is 9.81. The molecule has 3 heterocycles. The first kappa shape index (κ1) is 30.4. The van der Waals surface area contributed by atoms with Crippen LogP contribution in [0.3, 0.4) is 0 Å². The van der Waals surface area contributed by atoms with Crippen molar-refractivity contribution in [3.8, 4) is 34.0 Å². The summed E-state index contributed by atoms with van der Waals surface area (Å²) in [6.45, 7) is 4.74. The van der Waals surface area contributed by atoms with Crippen LogP contribution in [0, 0.1) is 0 Å². The average molecular weight is 703 g/mol. The second-order valence-corrected chi connectivity index (χ2v) is 15.4. The number of hydrogen-bond acceptors (Lipinski definition) is 2. The number of fused-ring (bicyclic) bond motifs is 13.